The number of ether oxygens (including phenoxy) is 2. The summed E-state index contributed by atoms with van der Waals surface area (Å²) in [6, 6.07) is 10.5. The van der Waals surface area contributed by atoms with Crippen molar-refractivity contribution in [3.8, 4) is 6.07 Å². The Kier molecular flexibility index (Phi) is 9.56. The number of nitrogens with one attached hydrogen (secondary N) is 2. The molecule has 2 aliphatic heterocycles. The predicted octanol–water partition coefficient (Wildman–Crippen LogP) is 4.34. The minimum atomic E-state index is -1.38. The number of benzene rings is 2. The summed E-state index contributed by atoms with van der Waals surface area (Å²) in [5, 5.41) is 14.8. The Hall–Kier alpha value is -4.34. The molecule has 3 aliphatic rings. The molecule has 1 saturated carbocycles. The van der Waals surface area contributed by atoms with Gasteiger partial charge in [0, 0.05) is 38.7 Å². The van der Waals surface area contributed by atoms with Crippen LogP contribution in [-0.4, -0.2) is 74.3 Å². The Labute approximate surface area is 254 Å². The molecule has 1 unspecified atom stereocenters. The molecule has 0 aromatic heterocycles. The van der Waals surface area contributed by atoms with E-state index in [1.165, 1.54) is 13.2 Å². The van der Waals surface area contributed by atoms with Crippen molar-refractivity contribution < 1.29 is 32.6 Å². The molecule has 0 spiro atoms. The maximum atomic E-state index is 14.3. The maximum absolute atomic E-state index is 14.3. The van der Waals surface area contributed by atoms with Crippen LogP contribution in [0, 0.1) is 28.9 Å². The molecule has 1 aliphatic carbocycles. The van der Waals surface area contributed by atoms with Gasteiger partial charge in [0.2, 0.25) is 0 Å². The van der Waals surface area contributed by atoms with Crippen LogP contribution in [0.1, 0.15) is 54.3 Å². The summed E-state index contributed by atoms with van der Waals surface area (Å²) >= 11 is 0. The Bertz CT molecular complexity index is 1490. The second-order valence-corrected chi connectivity index (χ2v) is 11.4. The molecule has 1 atom stereocenters. The van der Waals surface area contributed by atoms with Crippen molar-refractivity contribution >= 4 is 18.0 Å². The first-order chi connectivity index (χ1) is 21.2. The van der Waals surface area contributed by atoms with E-state index in [1.807, 2.05) is 24.3 Å². The molecule has 0 radical (unpaired) electrons. The maximum Gasteiger partial charge on any atom is 0.338 e. The lowest BCUT2D eigenvalue weighted by molar-refractivity contribution is -0.137. The summed E-state index contributed by atoms with van der Waals surface area (Å²) in [6.45, 7) is 1.68. The van der Waals surface area contributed by atoms with E-state index >= 15 is 0 Å². The molecule has 2 N–H and O–H groups in total. The number of urea groups is 2. The summed E-state index contributed by atoms with van der Waals surface area (Å²) in [5.74, 6) is -2.62. The average molecular weight is 608 g/mol. The van der Waals surface area contributed by atoms with Gasteiger partial charge in [0.05, 0.1) is 36.6 Å². The van der Waals surface area contributed by atoms with Crippen LogP contribution in [0.2, 0.25) is 0 Å². The summed E-state index contributed by atoms with van der Waals surface area (Å²) in [4.78, 5) is 42.7. The number of imide groups is 1. The molecule has 4 amide bonds. The van der Waals surface area contributed by atoms with Gasteiger partial charge < -0.3 is 20.1 Å². The highest BCUT2D eigenvalue weighted by atomic mass is 19.2. The zero-order valence-corrected chi connectivity index (χ0v) is 24.6. The molecule has 2 aromatic rings. The monoisotopic (exact) mass is 607 g/mol. The number of likely N-dealkylation sites (tertiary alicyclic amines) is 1. The van der Waals surface area contributed by atoms with Gasteiger partial charge in [-0.05, 0) is 60.9 Å². The molecule has 10 nitrogen and oxygen atoms in total. The van der Waals surface area contributed by atoms with Crippen molar-refractivity contribution in [1.82, 2.24) is 20.4 Å². The standard InChI is InChI=1S/C32H35F2N5O5/c1-43-18-27-28(30(40)44-2)29(21-9-12-25(33)26(34)13-21)39(32(42)37-27)31(41)36-15-19-16-38(17-19)23-10-7-20(8-11-23)24-6-4-3-5-22(24)14-35/h3-6,9,12-13,19-20,23,29H,7-8,10-11,15-18H2,1-2H3,(H,36,41)(H,37,42). The van der Waals surface area contributed by atoms with E-state index in [2.05, 4.69) is 21.6 Å². The number of esters is 1. The van der Waals surface area contributed by atoms with Crippen molar-refractivity contribution in [2.24, 2.45) is 5.92 Å². The Balaban J connectivity index is 1.22. The van der Waals surface area contributed by atoms with Crippen LogP contribution in [0.4, 0.5) is 18.4 Å². The second kappa shape index (κ2) is 13.5. The zero-order chi connectivity index (χ0) is 31.4. The summed E-state index contributed by atoms with van der Waals surface area (Å²) in [5.41, 5.74) is 1.82. The highest BCUT2D eigenvalue weighted by molar-refractivity contribution is 6.01. The fourth-order valence-electron chi connectivity index (χ4n) is 6.54. The Morgan fingerprint density at radius 3 is 2.45 bits per heavy atom. The highest BCUT2D eigenvalue weighted by Gasteiger charge is 2.44. The lowest BCUT2D eigenvalue weighted by Gasteiger charge is -2.47. The zero-order valence-electron chi connectivity index (χ0n) is 24.6. The number of hydrogen-bond acceptors (Lipinski definition) is 7. The van der Waals surface area contributed by atoms with Gasteiger partial charge in [-0.2, -0.15) is 5.26 Å². The third-order valence-electron chi connectivity index (χ3n) is 8.77. The molecule has 44 heavy (non-hydrogen) atoms. The fraction of sp³-hybridized carbons (Fsp3) is 0.438. The van der Waals surface area contributed by atoms with Gasteiger partial charge in [-0.15, -0.1) is 0 Å². The molecule has 12 heteroatoms. The van der Waals surface area contributed by atoms with Crippen molar-refractivity contribution in [2.45, 2.75) is 43.7 Å². The third-order valence-corrected chi connectivity index (χ3v) is 8.77. The number of hydrogen-bond donors (Lipinski definition) is 2. The van der Waals surface area contributed by atoms with Gasteiger partial charge in [0.25, 0.3) is 0 Å². The van der Waals surface area contributed by atoms with Crippen LogP contribution in [-0.2, 0) is 14.3 Å². The van der Waals surface area contributed by atoms with Gasteiger partial charge in [-0.25, -0.2) is 28.1 Å². The van der Waals surface area contributed by atoms with E-state index in [-0.39, 0.29) is 35.9 Å². The number of methoxy groups -OCH3 is 2. The average Bonchev–Trinajstić information content (AvgIpc) is 3.01. The Morgan fingerprint density at radius 2 is 1.80 bits per heavy atom. The van der Waals surface area contributed by atoms with Crippen LogP contribution >= 0.6 is 0 Å². The molecule has 1 saturated heterocycles. The Morgan fingerprint density at radius 1 is 1.07 bits per heavy atom. The normalized spacial score (nSPS) is 22.6. The third kappa shape index (κ3) is 6.30. The van der Waals surface area contributed by atoms with Gasteiger partial charge in [-0.3, -0.25) is 4.90 Å². The van der Waals surface area contributed by atoms with Gasteiger partial charge in [0.1, 0.15) is 6.04 Å². The predicted molar refractivity (Wildman–Crippen MR) is 155 cm³/mol. The minimum Gasteiger partial charge on any atom is -0.466 e. The number of carbonyl (C=O) groups is 3. The van der Waals surface area contributed by atoms with Gasteiger partial charge in [0.15, 0.2) is 11.6 Å². The molecule has 2 fully saturated rings. The summed E-state index contributed by atoms with van der Waals surface area (Å²) in [6.07, 6.45) is 4.08. The van der Waals surface area contributed by atoms with E-state index in [1.54, 1.807) is 0 Å². The molecule has 0 bridgehead atoms. The number of nitriles is 1. The molecule has 2 aromatic carbocycles. The van der Waals surface area contributed by atoms with Crippen LogP contribution < -0.4 is 10.6 Å². The lowest BCUT2D eigenvalue weighted by Crippen LogP contribution is -2.59. The summed E-state index contributed by atoms with van der Waals surface area (Å²) in [7, 11) is 2.50. The van der Waals surface area contributed by atoms with E-state index in [9.17, 15) is 28.4 Å². The van der Waals surface area contributed by atoms with E-state index in [4.69, 9.17) is 9.47 Å². The first-order valence-corrected chi connectivity index (χ1v) is 14.6. The summed E-state index contributed by atoms with van der Waals surface area (Å²) < 4.78 is 38.1. The van der Waals surface area contributed by atoms with E-state index in [0.29, 0.717) is 12.0 Å². The largest absolute Gasteiger partial charge is 0.466 e. The minimum absolute atomic E-state index is 0.0192. The number of amides is 4. The molecule has 232 valence electrons. The SMILES string of the molecule is COCC1=C(C(=O)OC)C(c2ccc(F)c(F)c2)N(C(=O)NCC2CN(C3CCC(c4ccccc4C#N)CC3)C2)C(=O)N1. The number of halogens is 2. The lowest BCUT2D eigenvalue weighted by atomic mass is 9.78. The topological polar surface area (TPSA) is 124 Å². The number of carbonyl (C=O) groups excluding carboxylic acids is 3. The molecular weight excluding hydrogens is 572 g/mol. The molecule has 2 heterocycles. The van der Waals surface area contributed by atoms with Crippen molar-refractivity contribution in [3.05, 3.63) is 82.1 Å². The quantitative estimate of drug-likeness (QED) is 0.428. The second-order valence-electron chi connectivity index (χ2n) is 11.4. The van der Waals surface area contributed by atoms with Crippen LogP contribution in [0.5, 0.6) is 0 Å². The van der Waals surface area contributed by atoms with Crippen LogP contribution in [0.3, 0.4) is 0 Å². The van der Waals surface area contributed by atoms with Crippen molar-refractivity contribution in [2.75, 3.05) is 40.5 Å². The highest BCUT2D eigenvalue weighted by Crippen LogP contribution is 2.38. The smallest absolute Gasteiger partial charge is 0.338 e. The first-order valence-electron chi connectivity index (χ1n) is 14.6. The number of nitrogens with zero attached hydrogens (tertiary/aromatic N) is 3. The van der Waals surface area contributed by atoms with E-state index < -0.39 is 35.7 Å². The van der Waals surface area contributed by atoms with Crippen LogP contribution in [0.25, 0.3) is 0 Å². The fourth-order valence-corrected chi connectivity index (χ4v) is 6.54. The van der Waals surface area contributed by atoms with Gasteiger partial charge >= 0.3 is 18.0 Å². The first kappa shape index (κ1) is 31.1. The van der Waals surface area contributed by atoms with Gasteiger partial charge in [-0.1, -0.05) is 24.3 Å². The van der Waals surface area contributed by atoms with E-state index in [0.717, 1.165) is 74.0 Å². The van der Waals surface area contributed by atoms with Crippen LogP contribution in [0.15, 0.2) is 53.7 Å². The molecular formula is C32H35F2N5O5. The number of rotatable bonds is 8. The van der Waals surface area contributed by atoms with Crippen molar-refractivity contribution in [3.63, 3.8) is 0 Å². The molecule has 5 rings (SSSR count). The van der Waals surface area contributed by atoms with Crippen molar-refractivity contribution in [1.29, 1.82) is 5.26 Å².